The molecule has 12 aromatic carbocycles. The van der Waals surface area contributed by atoms with Gasteiger partial charge in [-0.05, 0) is 127 Å². The van der Waals surface area contributed by atoms with Crippen LogP contribution >= 0.6 is 0 Å². The van der Waals surface area contributed by atoms with Crippen molar-refractivity contribution in [2.75, 3.05) is 4.90 Å². The van der Waals surface area contributed by atoms with E-state index in [1.54, 1.807) is 0 Å². The van der Waals surface area contributed by atoms with E-state index in [0.717, 1.165) is 39.6 Å². The topological polar surface area (TPSA) is 12.6 Å². The highest BCUT2D eigenvalue weighted by atomic mass is 28.3. The van der Waals surface area contributed by atoms with Gasteiger partial charge in [0.1, 0.15) is 0 Å². The lowest BCUT2D eigenvalue weighted by molar-refractivity contribution is 1.18. The van der Waals surface area contributed by atoms with Crippen LogP contribution in [-0.4, -0.2) is 17.0 Å². The molecule has 0 aliphatic heterocycles. The van der Waals surface area contributed by atoms with E-state index in [2.05, 4.69) is 335 Å². The predicted molar refractivity (Wildman–Crippen MR) is 341 cm³/mol. The van der Waals surface area contributed by atoms with Crippen molar-refractivity contribution in [2.45, 2.75) is 0 Å². The van der Waals surface area contributed by atoms with Crippen molar-refractivity contribution < 1.29 is 0 Å². The molecular formula is C76H53N3Si. The third-order valence-electron chi connectivity index (χ3n) is 16.4. The first kappa shape index (κ1) is 47.0. The Bertz CT molecular complexity index is 4610. The molecule has 80 heavy (non-hydrogen) atoms. The van der Waals surface area contributed by atoms with Gasteiger partial charge in [0, 0.05) is 49.9 Å². The minimum atomic E-state index is -2.77. The van der Waals surface area contributed by atoms with Crippen molar-refractivity contribution in [1.82, 2.24) is 8.97 Å². The number of aromatic nitrogens is 2. The molecule has 0 aliphatic rings. The van der Waals surface area contributed by atoms with Crippen LogP contribution in [0.2, 0.25) is 0 Å². The smallest absolute Gasteiger partial charge is 0.179 e. The SMILES string of the molecule is c1ccc(-c2c3ccccc3n3c(-c4ccc(N(c5ccc(-c6ccc7c(c6)c6ccccc6n7-c6ccccc6)cc5)c5ccc([Si](c6ccccc6)(c6ccccc6)c6ccccc6)cc5)cc4)cc4ccccc4c23)cc1. The molecule has 0 spiro atoms. The van der Waals surface area contributed by atoms with Gasteiger partial charge in [-0.25, -0.2) is 0 Å². The Hall–Kier alpha value is -10.3. The summed E-state index contributed by atoms with van der Waals surface area (Å²) in [6, 6.07) is 119. The molecule has 15 aromatic rings. The van der Waals surface area contributed by atoms with Gasteiger partial charge in [-0.15, -0.1) is 0 Å². The van der Waals surface area contributed by atoms with Crippen LogP contribution < -0.4 is 25.6 Å². The molecule has 3 heterocycles. The van der Waals surface area contributed by atoms with E-state index in [1.807, 2.05) is 0 Å². The third kappa shape index (κ3) is 7.72. The largest absolute Gasteiger partial charge is 0.311 e. The molecule has 0 radical (unpaired) electrons. The summed E-state index contributed by atoms with van der Waals surface area (Å²) in [5.41, 5.74) is 16.3. The second-order valence-electron chi connectivity index (χ2n) is 20.8. The van der Waals surface area contributed by atoms with Gasteiger partial charge < -0.3 is 13.9 Å². The van der Waals surface area contributed by atoms with Crippen LogP contribution in [0.1, 0.15) is 0 Å². The van der Waals surface area contributed by atoms with Gasteiger partial charge >= 0.3 is 0 Å². The number of benzene rings is 12. The summed E-state index contributed by atoms with van der Waals surface area (Å²) in [5.74, 6) is 0. The summed E-state index contributed by atoms with van der Waals surface area (Å²) in [6.45, 7) is 0. The lowest BCUT2D eigenvalue weighted by Crippen LogP contribution is -2.74. The summed E-state index contributed by atoms with van der Waals surface area (Å²) in [4.78, 5) is 2.42. The Morgan fingerprint density at radius 2 is 0.713 bits per heavy atom. The second kappa shape index (κ2) is 19.6. The molecule has 376 valence electrons. The van der Waals surface area contributed by atoms with Crippen LogP contribution in [0.3, 0.4) is 0 Å². The lowest BCUT2D eigenvalue weighted by Gasteiger charge is -2.35. The van der Waals surface area contributed by atoms with Crippen LogP contribution in [0, 0.1) is 0 Å². The number of fused-ring (bicyclic) bond motifs is 8. The van der Waals surface area contributed by atoms with Crippen LogP contribution in [0.15, 0.2) is 322 Å². The Labute approximate surface area is 466 Å². The summed E-state index contributed by atoms with van der Waals surface area (Å²) in [5, 5.41) is 11.6. The minimum absolute atomic E-state index is 1.07. The first-order chi connectivity index (χ1) is 39.7. The zero-order chi connectivity index (χ0) is 53.0. The number of hydrogen-bond acceptors (Lipinski definition) is 1. The van der Waals surface area contributed by atoms with E-state index in [9.17, 15) is 0 Å². The third-order valence-corrected chi connectivity index (χ3v) is 21.2. The van der Waals surface area contributed by atoms with Crippen molar-refractivity contribution in [3.8, 4) is 39.2 Å². The van der Waals surface area contributed by atoms with E-state index < -0.39 is 8.07 Å². The molecule has 0 fully saturated rings. The van der Waals surface area contributed by atoms with Crippen molar-refractivity contribution in [3.05, 3.63) is 322 Å². The molecule has 3 aromatic heterocycles. The van der Waals surface area contributed by atoms with Crippen molar-refractivity contribution >= 4 is 94.9 Å². The van der Waals surface area contributed by atoms with E-state index in [-0.39, 0.29) is 0 Å². The fourth-order valence-electron chi connectivity index (χ4n) is 12.9. The number of anilines is 3. The zero-order valence-corrected chi connectivity index (χ0v) is 44.9. The standard InChI is InChI=1S/C76H53N3Si/c1-6-22-56(23-7-1)75-69-35-19-21-37-72(69)79-74(53-58-24-16-17-33-67(58)76(75)79)55-40-45-61(46-41-55)77(62-47-49-66(50-48-62)80(63-27-10-3-11-28-63,64-29-12-4-13-30-64)65-31-14-5-15-32-65)60-43-38-54(39-44-60)57-42-51-73-70(52-57)68-34-18-20-36-71(68)78(73)59-25-8-2-9-26-59/h1-53H. The second-order valence-corrected chi connectivity index (χ2v) is 24.6. The molecule has 0 bridgehead atoms. The molecule has 0 amide bonds. The van der Waals surface area contributed by atoms with E-state index in [4.69, 9.17) is 0 Å². The maximum absolute atomic E-state index is 2.77. The van der Waals surface area contributed by atoms with Crippen LogP contribution in [0.4, 0.5) is 17.1 Å². The Balaban J connectivity index is 0.884. The zero-order valence-electron chi connectivity index (χ0n) is 43.9. The normalized spacial score (nSPS) is 11.8. The molecule has 0 saturated heterocycles. The molecule has 0 atom stereocenters. The Morgan fingerprint density at radius 3 is 1.31 bits per heavy atom. The monoisotopic (exact) mass is 1040 g/mol. The molecule has 0 saturated carbocycles. The van der Waals surface area contributed by atoms with E-state index in [1.165, 1.54) is 86.4 Å². The van der Waals surface area contributed by atoms with Crippen molar-refractivity contribution in [1.29, 1.82) is 0 Å². The summed E-state index contributed by atoms with van der Waals surface area (Å²) >= 11 is 0. The maximum Gasteiger partial charge on any atom is 0.179 e. The fraction of sp³-hybridized carbons (Fsp3) is 0. The van der Waals surface area contributed by atoms with Gasteiger partial charge in [0.25, 0.3) is 0 Å². The number of hydrogen-bond donors (Lipinski definition) is 0. The maximum atomic E-state index is 2.49. The summed E-state index contributed by atoms with van der Waals surface area (Å²) in [6.07, 6.45) is 0. The molecular weight excluding hydrogens is 983 g/mol. The van der Waals surface area contributed by atoms with Gasteiger partial charge in [-0.3, -0.25) is 0 Å². The summed E-state index contributed by atoms with van der Waals surface area (Å²) in [7, 11) is -2.77. The Morgan fingerprint density at radius 1 is 0.275 bits per heavy atom. The first-order valence-electron chi connectivity index (χ1n) is 27.6. The van der Waals surface area contributed by atoms with Crippen LogP contribution in [0.5, 0.6) is 0 Å². The predicted octanol–water partition coefficient (Wildman–Crippen LogP) is 17.2. The Kier molecular flexibility index (Phi) is 11.5. The molecule has 15 rings (SSSR count). The number of nitrogens with zero attached hydrogens (tertiary/aromatic N) is 3. The minimum Gasteiger partial charge on any atom is -0.311 e. The van der Waals surface area contributed by atoms with Gasteiger partial charge in [-0.1, -0.05) is 243 Å². The highest BCUT2D eigenvalue weighted by Gasteiger charge is 2.41. The van der Waals surface area contributed by atoms with Gasteiger partial charge in [0.05, 0.1) is 27.8 Å². The highest BCUT2D eigenvalue weighted by molar-refractivity contribution is 7.19. The lowest BCUT2D eigenvalue weighted by atomic mass is 9.99. The number of rotatable bonds is 11. The summed E-state index contributed by atoms with van der Waals surface area (Å²) < 4.78 is 4.87. The average molecular weight is 1040 g/mol. The first-order valence-corrected chi connectivity index (χ1v) is 29.6. The molecule has 3 nitrogen and oxygen atoms in total. The van der Waals surface area contributed by atoms with Crippen molar-refractivity contribution in [2.24, 2.45) is 0 Å². The fourth-order valence-corrected chi connectivity index (χ4v) is 17.6. The van der Waals surface area contributed by atoms with Crippen LogP contribution in [-0.2, 0) is 0 Å². The van der Waals surface area contributed by atoms with E-state index >= 15 is 0 Å². The molecule has 0 N–H and O–H groups in total. The van der Waals surface area contributed by atoms with Gasteiger partial charge in [0.15, 0.2) is 8.07 Å². The molecule has 0 aliphatic carbocycles. The number of para-hydroxylation sites is 3. The van der Waals surface area contributed by atoms with Gasteiger partial charge in [0.2, 0.25) is 0 Å². The van der Waals surface area contributed by atoms with Crippen molar-refractivity contribution in [3.63, 3.8) is 0 Å². The number of pyridine rings is 1. The van der Waals surface area contributed by atoms with Crippen LogP contribution in [0.25, 0.3) is 88.2 Å². The molecule has 4 heteroatoms. The van der Waals surface area contributed by atoms with E-state index in [0.29, 0.717) is 0 Å². The average Bonchev–Trinajstić information content (AvgIpc) is 4.25. The highest BCUT2D eigenvalue weighted by Crippen LogP contribution is 2.44. The molecule has 0 unspecified atom stereocenters. The quantitative estimate of drug-likeness (QED) is 0.0929. The van der Waals surface area contributed by atoms with Gasteiger partial charge in [-0.2, -0.15) is 0 Å².